The zero-order valence-corrected chi connectivity index (χ0v) is 19.9. The van der Waals surface area contributed by atoms with Crippen LogP contribution in [0.1, 0.15) is 12.7 Å². The molecule has 1 saturated heterocycles. The molecule has 168 valence electrons. The molecule has 0 aliphatic carbocycles. The molecule has 0 spiro atoms. The van der Waals surface area contributed by atoms with Crippen LogP contribution in [0.15, 0.2) is 74.5 Å². The van der Waals surface area contributed by atoms with Crippen molar-refractivity contribution in [1.82, 2.24) is 4.90 Å². The van der Waals surface area contributed by atoms with Crippen molar-refractivity contribution < 1.29 is 23.5 Å². The zero-order chi connectivity index (χ0) is 23.4. The number of amides is 3. The SMILES string of the molecule is CCOc1ccc(NC(=O)CN2C(=O)S/C(=C/c3ccc(-c4cccc(Br)c4)o3)C2=O)cc1. The lowest BCUT2D eigenvalue weighted by Crippen LogP contribution is -2.36. The Morgan fingerprint density at radius 2 is 1.94 bits per heavy atom. The number of hydrogen-bond acceptors (Lipinski definition) is 6. The molecule has 4 rings (SSSR count). The van der Waals surface area contributed by atoms with Gasteiger partial charge in [-0.15, -0.1) is 0 Å². The quantitative estimate of drug-likeness (QED) is 0.392. The highest BCUT2D eigenvalue weighted by atomic mass is 79.9. The molecule has 9 heteroatoms. The molecule has 0 unspecified atom stereocenters. The summed E-state index contributed by atoms with van der Waals surface area (Å²) in [6, 6.07) is 18.0. The number of carbonyl (C=O) groups excluding carboxylic acids is 3. The maximum atomic E-state index is 12.7. The molecule has 1 aromatic heterocycles. The van der Waals surface area contributed by atoms with Gasteiger partial charge in [0.25, 0.3) is 11.1 Å². The van der Waals surface area contributed by atoms with Crippen LogP contribution < -0.4 is 10.1 Å². The molecular weight excluding hydrogens is 508 g/mol. The lowest BCUT2D eigenvalue weighted by atomic mass is 10.2. The summed E-state index contributed by atoms with van der Waals surface area (Å²) in [4.78, 5) is 38.6. The molecule has 7 nitrogen and oxygen atoms in total. The summed E-state index contributed by atoms with van der Waals surface area (Å²) in [7, 11) is 0. The van der Waals surface area contributed by atoms with Crippen molar-refractivity contribution in [3.63, 3.8) is 0 Å². The first kappa shape index (κ1) is 22.9. The molecule has 0 radical (unpaired) electrons. The summed E-state index contributed by atoms with van der Waals surface area (Å²) in [5, 5.41) is 2.17. The van der Waals surface area contributed by atoms with Gasteiger partial charge in [0.1, 0.15) is 23.8 Å². The van der Waals surface area contributed by atoms with E-state index < -0.39 is 17.1 Å². The fourth-order valence-electron chi connectivity index (χ4n) is 3.14. The van der Waals surface area contributed by atoms with Gasteiger partial charge in [0, 0.05) is 21.8 Å². The van der Waals surface area contributed by atoms with Gasteiger partial charge in [0.15, 0.2) is 0 Å². The molecule has 3 aromatic rings. The van der Waals surface area contributed by atoms with Crippen LogP contribution >= 0.6 is 27.7 Å². The van der Waals surface area contributed by atoms with E-state index in [0.717, 1.165) is 26.7 Å². The second kappa shape index (κ2) is 10.1. The van der Waals surface area contributed by atoms with E-state index in [4.69, 9.17) is 9.15 Å². The van der Waals surface area contributed by atoms with Crippen molar-refractivity contribution in [3.8, 4) is 17.1 Å². The Hall–Kier alpha value is -3.30. The number of anilines is 1. The number of thioether (sulfide) groups is 1. The Morgan fingerprint density at radius 1 is 1.15 bits per heavy atom. The molecule has 2 heterocycles. The van der Waals surface area contributed by atoms with Gasteiger partial charge in [0.05, 0.1) is 11.5 Å². The van der Waals surface area contributed by atoms with Crippen LogP contribution in [-0.4, -0.2) is 35.1 Å². The van der Waals surface area contributed by atoms with E-state index >= 15 is 0 Å². The van der Waals surface area contributed by atoms with E-state index in [9.17, 15) is 14.4 Å². The highest BCUT2D eigenvalue weighted by Crippen LogP contribution is 2.33. The molecule has 1 N–H and O–H groups in total. The Bertz CT molecular complexity index is 1240. The normalized spacial score (nSPS) is 14.7. The Morgan fingerprint density at radius 3 is 2.67 bits per heavy atom. The molecule has 0 bridgehead atoms. The van der Waals surface area contributed by atoms with Crippen molar-refractivity contribution in [2.75, 3.05) is 18.5 Å². The predicted molar refractivity (Wildman–Crippen MR) is 131 cm³/mol. The summed E-state index contributed by atoms with van der Waals surface area (Å²) in [5.74, 6) is 0.753. The molecule has 1 fully saturated rings. The van der Waals surface area contributed by atoms with E-state index in [-0.39, 0.29) is 11.4 Å². The van der Waals surface area contributed by atoms with E-state index in [2.05, 4.69) is 21.2 Å². The number of imide groups is 1. The van der Waals surface area contributed by atoms with Crippen molar-refractivity contribution in [1.29, 1.82) is 0 Å². The average molecular weight is 527 g/mol. The van der Waals surface area contributed by atoms with Gasteiger partial charge in [-0.05, 0) is 67.2 Å². The van der Waals surface area contributed by atoms with Crippen molar-refractivity contribution in [2.24, 2.45) is 0 Å². The van der Waals surface area contributed by atoms with Crippen molar-refractivity contribution in [3.05, 3.63) is 75.8 Å². The third-order valence-corrected chi connectivity index (χ3v) is 6.03. The van der Waals surface area contributed by atoms with Gasteiger partial charge in [-0.2, -0.15) is 0 Å². The monoisotopic (exact) mass is 526 g/mol. The number of furan rings is 1. The summed E-state index contributed by atoms with van der Waals surface area (Å²) in [6.07, 6.45) is 1.51. The van der Waals surface area contributed by atoms with E-state index in [1.807, 2.05) is 31.2 Å². The topological polar surface area (TPSA) is 88.8 Å². The first-order valence-electron chi connectivity index (χ1n) is 10.1. The smallest absolute Gasteiger partial charge is 0.294 e. The number of hydrogen-bond donors (Lipinski definition) is 1. The van der Waals surface area contributed by atoms with Crippen molar-refractivity contribution in [2.45, 2.75) is 6.92 Å². The molecule has 2 aromatic carbocycles. The lowest BCUT2D eigenvalue weighted by molar-refractivity contribution is -0.127. The molecule has 0 saturated carbocycles. The molecule has 3 amide bonds. The van der Waals surface area contributed by atoms with Gasteiger partial charge in [-0.1, -0.05) is 28.1 Å². The third-order valence-electron chi connectivity index (χ3n) is 4.63. The third kappa shape index (κ3) is 5.55. The minimum absolute atomic E-state index is 0.198. The maximum Gasteiger partial charge on any atom is 0.294 e. The summed E-state index contributed by atoms with van der Waals surface area (Å²) in [6.45, 7) is 2.05. The van der Waals surface area contributed by atoms with E-state index in [1.165, 1.54) is 6.08 Å². The Kier molecular flexibility index (Phi) is 7.00. The Balaban J connectivity index is 1.41. The molecule has 1 aliphatic rings. The molecular formula is C24H19BrN2O5S. The fraction of sp³-hybridized carbons (Fsp3) is 0.125. The number of rotatable bonds is 7. The number of carbonyl (C=O) groups is 3. The minimum Gasteiger partial charge on any atom is -0.494 e. The van der Waals surface area contributed by atoms with Crippen LogP contribution in [0.5, 0.6) is 5.75 Å². The van der Waals surface area contributed by atoms with Gasteiger partial charge in [-0.3, -0.25) is 19.3 Å². The van der Waals surface area contributed by atoms with Crippen LogP contribution in [0.25, 0.3) is 17.4 Å². The maximum absolute atomic E-state index is 12.7. The first-order chi connectivity index (χ1) is 15.9. The van der Waals surface area contributed by atoms with Crippen molar-refractivity contribution >= 4 is 56.5 Å². The number of ether oxygens (including phenoxy) is 1. The van der Waals surface area contributed by atoms with Gasteiger partial charge in [0.2, 0.25) is 5.91 Å². The largest absolute Gasteiger partial charge is 0.494 e. The summed E-state index contributed by atoms with van der Waals surface area (Å²) < 4.78 is 12.1. The highest BCUT2D eigenvalue weighted by Gasteiger charge is 2.36. The highest BCUT2D eigenvalue weighted by molar-refractivity contribution is 9.10. The standard InChI is InChI=1S/C24H19BrN2O5S/c1-2-31-18-8-6-17(7-9-18)26-22(28)14-27-23(29)21(33-24(27)30)13-19-10-11-20(32-19)15-4-3-5-16(25)12-15/h3-13H,2,14H2,1H3,(H,26,28)/b21-13+. The van der Waals surface area contributed by atoms with Crippen LogP contribution in [0.2, 0.25) is 0 Å². The number of nitrogens with zero attached hydrogens (tertiary/aromatic N) is 1. The van der Waals surface area contributed by atoms with Crippen LogP contribution in [0.3, 0.4) is 0 Å². The molecule has 0 atom stereocenters. The Labute approximate surface area is 202 Å². The predicted octanol–water partition coefficient (Wildman–Crippen LogP) is 5.78. The first-order valence-corrected chi connectivity index (χ1v) is 11.7. The molecule has 1 aliphatic heterocycles. The summed E-state index contributed by atoms with van der Waals surface area (Å²) >= 11 is 4.20. The van der Waals surface area contributed by atoms with Crippen LogP contribution in [-0.2, 0) is 9.59 Å². The van der Waals surface area contributed by atoms with E-state index in [1.54, 1.807) is 36.4 Å². The van der Waals surface area contributed by atoms with Crippen LogP contribution in [0, 0.1) is 0 Å². The second-order valence-electron chi connectivity index (χ2n) is 6.99. The number of nitrogens with one attached hydrogen (secondary N) is 1. The minimum atomic E-state index is -0.535. The van der Waals surface area contributed by atoms with Gasteiger partial charge < -0.3 is 14.5 Å². The zero-order valence-electron chi connectivity index (χ0n) is 17.5. The molecule has 33 heavy (non-hydrogen) atoms. The summed E-state index contributed by atoms with van der Waals surface area (Å²) in [5.41, 5.74) is 1.42. The number of benzene rings is 2. The van der Waals surface area contributed by atoms with E-state index in [0.29, 0.717) is 29.6 Å². The van der Waals surface area contributed by atoms with Gasteiger partial charge in [-0.25, -0.2) is 0 Å². The van der Waals surface area contributed by atoms with Gasteiger partial charge >= 0.3 is 0 Å². The fourth-order valence-corrected chi connectivity index (χ4v) is 4.36. The number of halogens is 1. The average Bonchev–Trinajstić information content (AvgIpc) is 3.36. The lowest BCUT2D eigenvalue weighted by Gasteiger charge is -2.12. The second-order valence-corrected chi connectivity index (χ2v) is 8.89. The van der Waals surface area contributed by atoms with Crippen LogP contribution in [0.4, 0.5) is 10.5 Å².